The first-order valence-electron chi connectivity index (χ1n) is 8.07. The minimum Gasteiger partial charge on any atom is -0.392 e. The van der Waals surface area contributed by atoms with Crippen LogP contribution in [0.2, 0.25) is 0 Å². The van der Waals surface area contributed by atoms with Gasteiger partial charge >= 0.3 is 6.18 Å². The lowest BCUT2D eigenvalue weighted by atomic mass is 9.85. The lowest BCUT2D eigenvalue weighted by molar-refractivity contribution is -0.182. The van der Waals surface area contributed by atoms with E-state index >= 15 is 0 Å². The van der Waals surface area contributed by atoms with Crippen LogP contribution in [0.3, 0.4) is 0 Å². The molecule has 1 unspecified atom stereocenters. The molecular weight excluding hydrogens is 299 g/mol. The minimum atomic E-state index is -4.09. The molecule has 22 heavy (non-hydrogen) atoms. The molecule has 3 N–H and O–H groups in total. The van der Waals surface area contributed by atoms with Crippen LogP contribution in [0.4, 0.5) is 13.2 Å². The first-order valence-corrected chi connectivity index (χ1v) is 8.07. The summed E-state index contributed by atoms with van der Waals surface area (Å²) in [5, 5.41) is 23.5. The highest BCUT2D eigenvalue weighted by Crippen LogP contribution is 2.37. The number of hydrogen-bond donors (Lipinski definition) is 3. The Kier molecular flexibility index (Phi) is 6.10. The minimum absolute atomic E-state index is 0.0255. The molecule has 7 heteroatoms. The average molecular weight is 325 g/mol. The fraction of sp³-hybridized carbons (Fsp3) is 1.00. The summed E-state index contributed by atoms with van der Waals surface area (Å²) in [6, 6.07) is 0.0255. The molecule has 1 heterocycles. The number of nitrogens with one attached hydrogen (secondary N) is 1. The van der Waals surface area contributed by atoms with E-state index in [0.29, 0.717) is 45.4 Å². The highest BCUT2D eigenvalue weighted by Gasteiger charge is 2.41. The van der Waals surface area contributed by atoms with Crippen molar-refractivity contribution in [2.24, 2.45) is 5.92 Å². The highest BCUT2D eigenvalue weighted by atomic mass is 19.4. The molecule has 2 fully saturated rings. The summed E-state index contributed by atoms with van der Waals surface area (Å²) in [6.07, 6.45) is -2.20. The lowest BCUT2D eigenvalue weighted by Gasteiger charge is -2.35. The van der Waals surface area contributed by atoms with Gasteiger partial charge in [-0.1, -0.05) is 0 Å². The number of aliphatic hydroxyl groups excluding tert-OH is 1. The van der Waals surface area contributed by atoms with Gasteiger partial charge in [-0.2, -0.15) is 13.2 Å². The Hall–Kier alpha value is -0.370. The Morgan fingerprint density at radius 2 is 1.73 bits per heavy atom. The van der Waals surface area contributed by atoms with Gasteiger partial charge in [-0.15, -0.1) is 0 Å². The fourth-order valence-electron chi connectivity index (χ4n) is 3.39. The smallest absolute Gasteiger partial charge is 0.391 e. The summed E-state index contributed by atoms with van der Waals surface area (Å²) in [5.41, 5.74) is -0.882. The van der Waals surface area contributed by atoms with Crippen LogP contribution in [0.25, 0.3) is 0 Å². The summed E-state index contributed by atoms with van der Waals surface area (Å²) >= 11 is 0. The van der Waals surface area contributed by atoms with Crippen molar-refractivity contribution in [2.75, 3.05) is 19.8 Å². The predicted molar refractivity (Wildman–Crippen MR) is 75.4 cm³/mol. The highest BCUT2D eigenvalue weighted by molar-refractivity contribution is 4.86. The Balaban J connectivity index is 1.66. The van der Waals surface area contributed by atoms with Gasteiger partial charge in [0.25, 0.3) is 0 Å². The Morgan fingerprint density at radius 3 is 2.27 bits per heavy atom. The van der Waals surface area contributed by atoms with Gasteiger partial charge in [-0.25, -0.2) is 0 Å². The Bertz CT molecular complexity index is 337. The molecule has 1 saturated carbocycles. The van der Waals surface area contributed by atoms with Gasteiger partial charge in [0.1, 0.15) is 0 Å². The van der Waals surface area contributed by atoms with Crippen molar-refractivity contribution >= 4 is 0 Å². The maximum Gasteiger partial charge on any atom is 0.391 e. The molecule has 130 valence electrons. The summed E-state index contributed by atoms with van der Waals surface area (Å²) in [6.45, 7) is 1.31. The van der Waals surface area contributed by atoms with E-state index in [1.807, 2.05) is 0 Å². The third kappa shape index (κ3) is 5.37. The van der Waals surface area contributed by atoms with E-state index in [9.17, 15) is 23.4 Å². The SMILES string of the molecule is OC(CNC1CCC(C(F)(F)F)CC1)CC1(O)CCOCC1. The normalized spacial score (nSPS) is 31.0. The number of ether oxygens (including phenoxy) is 1. The van der Waals surface area contributed by atoms with Crippen LogP contribution in [0.1, 0.15) is 44.9 Å². The molecule has 0 amide bonds. The maximum absolute atomic E-state index is 12.6. The van der Waals surface area contributed by atoms with Crippen molar-refractivity contribution in [2.45, 2.75) is 68.9 Å². The molecule has 1 atom stereocenters. The van der Waals surface area contributed by atoms with Crippen LogP contribution in [0.15, 0.2) is 0 Å². The number of alkyl halides is 3. The van der Waals surface area contributed by atoms with Crippen LogP contribution in [-0.2, 0) is 4.74 Å². The van der Waals surface area contributed by atoms with Gasteiger partial charge < -0.3 is 20.3 Å². The first-order chi connectivity index (χ1) is 10.3. The van der Waals surface area contributed by atoms with Gasteiger partial charge in [0.15, 0.2) is 0 Å². The Labute approximate surface area is 129 Å². The first kappa shape index (κ1) is 18.0. The van der Waals surface area contributed by atoms with Crippen molar-refractivity contribution in [3.05, 3.63) is 0 Å². The summed E-state index contributed by atoms with van der Waals surface area (Å²) < 4.78 is 43.0. The molecule has 1 aliphatic heterocycles. The van der Waals surface area contributed by atoms with E-state index in [4.69, 9.17) is 4.74 Å². The molecule has 2 aliphatic rings. The zero-order chi connectivity index (χ0) is 16.2. The molecular formula is C15H26F3NO3. The van der Waals surface area contributed by atoms with Crippen LogP contribution in [-0.4, -0.2) is 53.9 Å². The molecule has 0 radical (unpaired) electrons. The van der Waals surface area contributed by atoms with Crippen LogP contribution in [0, 0.1) is 5.92 Å². The zero-order valence-corrected chi connectivity index (χ0v) is 12.7. The second kappa shape index (κ2) is 7.47. The average Bonchev–Trinajstić information content (AvgIpc) is 2.45. The molecule has 0 aromatic carbocycles. The number of aliphatic hydroxyl groups is 2. The van der Waals surface area contributed by atoms with E-state index in [0.717, 1.165) is 0 Å². The fourth-order valence-corrected chi connectivity index (χ4v) is 3.39. The summed E-state index contributed by atoms with van der Waals surface area (Å²) in [4.78, 5) is 0. The Morgan fingerprint density at radius 1 is 1.14 bits per heavy atom. The molecule has 1 saturated heterocycles. The summed E-state index contributed by atoms with van der Waals surface area (Å²) in [5.74, 6) is -1.18. The van der Waals surface area contributed by atoms with Crippen molar-refractivity contribution in [1.82, 2.24) is 5.32 Å². The van der Waals surface area contributed by atoms with Gasteiger partial charge in [0.2, 0.25) is 0 Å². The maximum atomic E-state index is 12.6. The molecule has 2 rings (SSSR count). The molecule has 1 aliphatic carbocycles. The van der Waals surface area contributed by atoms with Crippen LogP contribution in [0.5, 0.6) is 0 Å². The second-order valence-corrected chi connectivity index (χ2v) is 6.69. The topological polar surface area (TPSA) is 61.7 Å². The monoisotopic (exact) mass is 325 g/mol. The van der Waals surface area contributed by atoms with Gasteiger partial charge in [-0.3, -0.25) is 0 Å². The van der Waals surface area contributed by atoms with E-state index in [1.54, 1.807) is 0 Å². The molecule has 0 spiro atoms. The van der Waals surface area contributed by atoms with E-state index in [2.05, 4.69) is 5.32 Å². The van der Waals surface area contributed by atoms with Gasteiger partial charge in [0, 0.05) is 32.2 Å². The molecule has 4 nitrogen and oxygen atoms in total. The zero-order valence-electron chi connectivity index (χ0n) is 12.7. The largest absolute Gasteiger partial charge is 0.392 e. The van der Waals surface area contributed by atoms with E-state index < -0.39 is 23.8 Å². The van der Waals surface area contributed by atoms with Crippen molar-refractivity contribution < 1.29 is 28.1 Å². The number of halogens is 3. The van der Waals surface area contributed by atoms with Crippen molar-refractivity contribution in [3.63, 3.8) is 0 Å². The molecule has 0 bridgehead atoms. The van der Waals surface area contributed by atoms with E-state index in [1.165, 1.54) is 0 Å². The van der Waals surface area contributed by atoms with Crippen molar-refractivity contribution in [3.8, 4) is 0 Å². The third-order valence-electron chi connectivity index (χ3n) is 4.87. The molecule has 0 aromatic heterocycles. The van der Waals surface area contributed by atoms with Crippen LogP contribution >= 0.6 is 0 Å². The molecule has 0 aromatic rings. The number of hydrogen-bond acceptors (Lipinski definition) is 4. The van der Waals surface area contributed by atoms with Gasteiger partial charge in [-0.05, 0) is 38.5 Å². The standard InChI is InChI=1S/C15H26F3NO3/c16-15(17,18)11-1-3-12(4-2-11)19-10-13(20)9-14(21)5-7-22-8-6-14/h11-13,19-21H,1-10H2. The predicted octanol–water partition coefficient (Wildman–Crippen LogP) is 1.99. The lowest BCUT2D eigenvalue weighted by Crippen LogP contribution is -2.44. The van der Waals surface area contributed by atoms with E-state index in [-0.39, 0.29) is 25.3 Å². The quantitative estimate of drug-likeness (QED) is 0.723. The van der Waals surface area contributed by atoms with Crippen LogP contribution < -0.4 is 5.32 Å². The van der Waals surface area contributed by atoms with Crippen molar-refractivity contribution in [1.29, 1.82) is 0 Å². The second-order valence-electron chi connectivity index (χ2n) is 6.69. The number of rotatable bonds is 5. The van der Waals surface area contributed by atoms with Gasteiger partial charge in [0.05, 0.1) is 17.6 Å². The summed E-state index contributed by atoms with van der Waals surface area (Å²) in [7, 11) is 0. The third-order valence-corrected chi connectivity index (χ3v) is 4.87.